The van der Waals surface area contributed by atoms with E-state index in [1.165, 1.54) is 0 Å². The summed E-state index contributed by atoms with van der Waals surface area (Å²) >= 11 is 5.79. The molecule has 0 heterocycles. The Morgan fingerprint density at radius 3 is 2.50 bits per heavy atom. The predicted octanol–water partition coefficient (Wildman–Crippen LogP) is 2.20. The van der Waals surface area contributed by atoms with Crippen LogP contribution in [-0.2, 0) is 11.2 Å². The van der Waals surface area contributed by atoms with Crippen molar-refractivity contribution in [1.82, 2.24) is 10.2 Å². The van der Waals surface area contributed by atoms with Crippen LogP contribution in [-0.4, -0.2) is 38.0 Å². The summed E-state index contributed by atoms with van der Waals surface area (Å²) in [6.45, 7) is 3.81. The van der Waals surface area contributed by atoms with Crippen molar-refractivity contribution in [3.05, 3.63) is 34.9 Å². The van der Waals surface area contributed by atoms with Gasteiger partial charge in [-0.15, -0.1) is 0 Å². The van der Waals surface area contributed by atoms with Gasteiger partial charge < -0.3 is 10.2 Å². The van der Waals surface area contributed by atoms with E-state index in [4.69, 9.17) is 11.6 Å². The lowest BCUT2D eigenvalue weighted by atomic mass is 10.1. The number of hydrogen-bond acceptors (Lipinski definition) is 2. The molecule has 0 saturated heterocycles. The second kappa shape index (κ2) is 7.39. The van der Waals surface area contributed by atoms with Crippen LogP contribution in [0.2, 0.25) is 5.02 Å². The molecule has 0 bridgehead atoms. The van der Waals surface area contributed by atoms with Crippen LogP contribution in [0.1, 0.15) is 12.5 Å². The lowest BCUT2D eigenvalue weighted by molar-refractivity contribution is -0.120. The summed E-state index contributed by atoms with van der Waals surface area (Å²) in [7, 11) is 4.07. The molecule has 0 spiro atoms. The second-order valence-corrected chi connectivity index (χ2v) is 5.41. The van der Waals surface area contributed by atoms with Gasteiger partial charge >= 0.3 is 0 Å². The van der Waals surface area contributed by atoms with Crippen molar-refractivity contribution in [1.29, 1.82) is 0 Å². The van der Waals surface area contributed by atoms with Crippen LogP contribution in [0.25, 0.3) is 0 Å². The Bertz CT molecular complexity index is 376. The van der Waals surface area contributed by atoms with E-state index in [9.17, 15) is 4.79 Å². The second-order valence-electron chi connectivity index (χ2n) is 4.97. The van der Waals surface area contributed by atoms with Crippen LogP contribution >= 0.6 is 11.6 Å². The number of carbonyl (C=O) groups excluding carboxylic acids is 1. The van der Waals surface area contributed by atoms with Gasteiger partial charge in [0.25, 0.3) is 0 Å². The van der Waals surface area contributed by atoms with Crippen LogP contribution < -0.4 is 5.32 Å². The molecule has 1 rings (SSSR count). The zero-order chi connectivity index (χ0) is 13.5. The van der Waals surface area contributed by atoms with E-state index in [2.05, 4.69) is 17.1 Å². The molecule has 0 aliphatic carbocycles. The first kappa shape index (κ1) is 15.0. The fourth-order valence-electron chi connectivity index (χ4n) is 1.83. The van der Waals surface area contributed by atoms with E-state index in [0.29, 0.717) is 23.9 Å². The summed E-state index contributed by atoms with van der Waals surface area (Å²) in [6, 6.07) is 7.37. The lowest BCUT2D eigenvalue weighted by Crippen LogP contribution is -2.33. The fourth-order valence-corrected chi connectivity index (χ4v) is 1.95. The average Bonchev–Trinajstić information content (AvgIpc) is 2.29. The minimum atomic E-state index is 0.0583. The van der Waals surface area contributed by atoms with Gasteiger partial charge in [0, 0.05) is 18.1 Å². The topological polar surface area (TPSA) is 32.3 Å². The van der Waals surface area contributed by atoms with Crippen LogP contribution in [0.4, 0.5) is 0 Å². The highest BCUT2D eigenvalue weighted by Crippen LogP contribution is 2.09. The predicted molar refractivity (Wildman–Crippen MR) is 75.9 cm³/mol. The number of carbonyl (C=O) groups is 1. The van der Waals surface area contributed by atoms with E-state index < -0.39 is 0 Å². The first-order valence-electron chi connectivity index (χ1n) is 6.13. The number of nitrogens with one attached hydrogen (secondary N) is 1. The molecule has 0 saturated carbocycles. The highest BCUT2D eigenvalue weighted by molar-refractivity contribution is 6.30. The SMILES string of the molecule is CC(CNC(=O)Cc1ccc(Cl)cc1)CN(C)C. The van der Waals surface area contributed by atoms with Gasteiger partial charge in [-0.1, -0.05) is 30.7 Å². The molecule has 0 aromatic heterocycles. The monoisotopic (exact) mass is 268 g/mol. The Balaban J connectivity index is 2.31. The zero-order valence-corrected chi connectivity index (χ0v) is 12.0. The quantitative estimate of drug-likeness (QED) is 0.858. The molecule has 0 fully saturated rings. The summed E-state index contributed by atoms with van der Waals surface area (Å²) in [5.74, 6) is 0.511. The molecule has 1 N–H and O–H groups in total. The van der Waals surface area contributed by atoms with Gasteiger partial charge in [0.2, 0.25) is 5.91 Å². The molecule has 100 valence electrons. The van der Waals surface area contributed by atoms with Gasteiger partial charge in [0.05, 0.1) is 6.42 Å². The highest BCUT2D eigenvalue weighted by Gasteiger charge is 2.07. The summed E-state index contributed by atoms with van der Waals surface area (Å²) < 4.78 is 0. The minimum Gasteiger partial charge on any atom is -0.355 e. The van der Waals surface area contributed by atoms with Crippen LogP contribution in [0.3, 0.4) is 0 Å². The van der Waals surface area contributed by atoms with Crippen molar-refractivity contribution in [2.24, 2.45) is 5.92 Å². The maximum Gasteiger partial charge on any atom is 0.224 e. The molecule has 0 aliphatic rings. The van der Waals surface area contributed by atoms with Gasteiger partial charge in [-0.05, 0) is 37.7 Å². The Labute approximate surface area is 114 Å². The Kier molecular flexibility index (Phi) is 6.16. The van der Waals surface area contributed by atoms with E-state index >= 15 is 0 Å². The first-order chi connectivity index (χ1) is 8.47. The molecule has 1 aromatic rings. The van der Waals surface area contributed by atoms with Crippen molar-refractivity contribution >= 4 is 17.5 Å². The van der Waals surface area contributed by atoms with Gasteiger partial charge in [0.15, 0.2) is 0 Å². The van der Waals surface area contributed by atoms with Gasteiger partial charge in [-0.3, -0.25) is 4.79 Å². The summed E-state index contributed by atoms with van der Waals surface area (Å²) in [5, 5.41) is 3.65. The molecule has 4 heteroatoms. The molecule has 3 nitrogen and oxygen atoms in total. The third-order valence-electron chi connectivity index (χ3n) is 2.60. The summed E-state index contributed by atoms with van der Waals surface area (Å²) in [5.41, 5.74) is 0.983. The maximum atomic E-state index is 11.7. The molecule has 1 amide bonds. The van der Waals surface area contributed by atoms with Gasteiger partial charge in [-0.2, -0.15) is 0 Å². The van der Waals surface area contributed by atoms with E-state index in [1.54, 1.807) is 12.1 Å². The van der Waals surface area contributed by atoms with Crippen molar-refractivity contribution in [2.75, 3.05) is 27.2 Å². The standard InChI is InChI=1S/C14H21ClN2O/c1-11(10-17(2)3)9-16-14(18)8-12-4-6-13(15)7-5-12/h4-7,11H,8-10H2,1-3H3,(H,16,18). The maximum absolute atomic E-state index is 11.7. The molecule has 1 aromatic carbocycles. The zero-order valence-electron chi connectivity index (χ0n) is 11.2. The molecular formula is C14H21ClN2O. The van der Waals surface area contributed by atoms with Crippen molar-refractivity contribution in [3.63, 3.8) is 0 Å². The smallest absolute Gasteiger partial charge is 0.224 e. The molecule has 1 atom stereocenters. The highest BCUT2D eigenvalue weighted by atomic mass is 35.5. The van der Waals surface area contributed by atoms with Crippen molar-refractivity contribution in [2.45, 2.75) is 13.3 Å². The Hall–Kier alpha value is -1.06. The lowest BCUT2D eigenvalue weighted by Gasteiger charge is -2.17. The van der Waals surface area contributed by atoms with Crippen molar-refractivity contribution < 1.29 is 4.79 Å². The van der Waals surface area contributed by atoms with Crippen LogP contribution in [0.5, 0.6) is 0 Å². The molecule has 0 aliphatic heterocycles. The molecular weight excluding hydrogens is 248 g/mol. The number of halogens is 1. The third-order valence-corrected chi connectivity index (χ3v) is 2.85. The molecule has 0 radical (unpaired) electrons. The Morgan fingerprint density at radius 2 is 1.94 bits per heavy atom. The normalized spacial score (nSPS) is 12.5. The number of rotatable bonds is 6. The van der Waals surface area contributed by atoms with Crippen LogP contribution in [0, 0.1) is 5.92 Å². The van der Waals surface area contributed by atoms with Crippen LogP contribution in [0.15, 0.2) is 24.3 Å². The summed E-state index contributed by atoms with van der Waals surface area (Å²) in [6.07, 6.45) is 0.409. The number of benzene rings is 1. The minimum absolute atomic E-state index is 0.0583. The summed E-state index contributed by atoms with van der Waals surface area (Å²) in [4.78, 5) is 13.9. The van der Waals surface area contributed by atoms with E-state index in [-0.39, 0.29) is 5.91 Å². The average molecular weight is 269 g/mol. The van der Waals surface area contributed by atoms with Crippen molar-refractivity contribution in [3.8, 4) is 0 Å². The first-order valence-corrected chi connectivity index (χ1v) is 6.51. The van der Waals surface area contributed by atoms with E-state index in [1.807, 2.05) is 26.2 Å². The number of hydrogen-bond donors (Lipinski definition) is 1. The number of nitrogens with zero attached hydrogens (tertiary/aromatic N) is 1. The third kappa shape index (κ3) is 6.03. The number of amides is 1. The molecule has 1 unspecified atom stereocenters. The van der Waals surface area contributed by atoms with Gasteiger partial charge in [0.1, 0.15) is 0 Å². The Morgan fingerprint density at radius 1 is 1.33 bits per heavy atom. The van der Waals surface area contributed by atoms with Gasteiger partial charge in [-0.25, -0.2) is 0 Å². The fraction of sp³-hybridized carbons (Fsp3) is 0.500. The largest absolute Gasteiger partial charge is 0.355 e. The molecule has 18 heavy (non-hydrogen) atoms. The van der Waals surface area contributed by atoms with E-state index in [0.717, 1.165) is 12.1 Å².